The first-order valence-electron chi connectivity index (χ1n) is 5.08. The molecule has 0 unspecified atom stereocenters. The molecule has 0 bridgehead atoms. The van der Waals surface area contributed by atoms with Gasteiger partial charge in [0, 0.05) is 16.1 Å². The predicted molar refractivity (Wildman–Crippen MR) is 62.7 cm³/mol. The largest absolute Gasteiger partial charge is 0.507 e. The Kier molecular flexibility index (Phi) is 3.16. The monoisotopic (exact) mass is 285 g/mol. The molecule has 16 heavy (non-hydrogen) atoms. The van der Waals surface area contributed by atoms with Crippen molar-refractivity contribution in [3.63, 3.8) is 0 Å². The Morgan fingerprint density at radius 2 is 2.25 bits per heavy atom. The highest BCUT2D eigenvalue weighted by Gasteiger charge is 2.23. The fourth-order valence-corrected chi connectivity index (χ4v) is 2.47. The van der Waals surface area contributed by atoms with Crippen molar-refractivity contribution in [2.45, 2.75) is 18.9 Å². The minimum absolute atomic E-state index is 0.0515. The first-order valence-corrected chi connectivity index (χ1v) is 5.88. The van der Waals surface area contributed by atoms with E-state index in [1.807, 2.05) is 0 Å². The van der Waals surface area contributed by atoms with Crippen LogP contribution >= 0.6 is 15.9 Å². The number of benzene rings is 1. The summed E-state index contributed by atoms with van der Waals surface area (Å²) in [7, 11) is 0. The van der Waals surface area contributed by atoms with E-state index in [0.717, 1.165) is 19.4 Å². The number of rotatable bonds is 2. The third kappa shape index (κ3) is 2.05. The van der Waals surface area contributed by atoms with Gasteiger partial charge in [-0.2, -0.15) is 0 Å². The van der Waals surface area contributed by atoms with Crippen LogP contribution in [0.5, 0.6) is 5.75 Å². The van der Waals surface area contributed by atoms with Gasteiger partial charge in [0.2, 0.25) is 0 Å². The summed E-state index contributed by atoms with van der Waals surface area (Å²) in [6.45, 7) is 0.902. The van der Waals surface area contributed by atoms with Gasteiger partial charge in [0.05, 0.1) is 0 Å². The van der Waals surface area contributed by atoms with E-state index in [-0.39, 0.29) is 17.4 Å². The predicted octanol–water partition coefficient (Wildman–Crippen LogP) is 2.28. The molecule has 0 aromatic heterocycles. The lowest BCUT2D eigenvalue weighted by Crippen LogP contribution is -2.14. The summed E-state index contributed by atoms with van der Waals surface area (Å²) >= 11 is 3.26. The SMILES string of the molecule is O=C(O)c1cc(Br)cc([C@H]2CCCN2)c1O. The van der Waals surface area contributed by atoms with Crippen molar-refractivity contribution in [3.05, 3.63) is 27.7 Å². The van der Waals surface area contributed by atoms with Gasteiger partial charge in [-0.25, -0.2) is 4.79 Å². The molecule has 1 heterocycles. The molecule has 1 fully saturated rings. The second-order valence-electron chi connectivity index (χ2n) is 3.85. The first-order chi connectivity index (χ1) is 7.59. The van der Waals surface area contributed by atoms with Crippen molar-refractivity contribution in [3.8, 4) is 5.75 Å². The Hall–Kier alpha value is -1.07. The van der Waals surface area contributed by atoms with Crippen molar-refractivity contribution in [2.75, 3.05) is 6.54 Å². The molecule has 1 aliphatic rings. The normalized spacial score (nSPS) is 19.9. The first kappa shape index (κ1) is 11.4. The number of carboxylic acids is 1. The van der Waals surface area contributed by atoms with Gasteiger partial charge in [0.15, 0.2) is 0 Å². The average Bonchev–Trinajstić information content (AvgIpc) is 2.73. The maximum Gasteiger partial charge on any atom is 0.339 e. The maximum absolute atomic E-state index is 10.9. The van der Waals surface area contributed by atoms with Crippen LogP contribution in [0, 0.1) is 0 Å². The van der Waals surface area contributed by atoms with E-state index in [1.54, 1.807) is 6.07 Å². The molecule has 1 atom stereocenters. The molecular weight excluding hydrogens is 274 g/mol. The Balaban J connectivity index is 2.47. The highest BCUT2D eigenvalue weighted by molar-refractivity contribution is 9.10. The van der Waals surface area contributed by atoms with E-state index in [2.05, 4.69) is 21.2 Å². The molecule has 0 spiro atoms. The zero-order valence-corrected chi connectivity index (χ0v) is 10.1. The second-order valence-corrected chi connectivity index (χ2v) is 4.76. The number of nitrogens with one attached hydrogen (secondary N) is 1. The highest BCUT2D eigenvalue weighted by Crippen LogP contribution is 2.35. The summed E-state index contributed by atoms with van der Waals surface area (Å²) in [6.07, 6.45) is 1.96. The lowest BCUT2D eigenvalue weighted by atomic mass is 10.0. The van der Waals surface area contributed by atoms with Crippen molar-refractivity contribution in [1.29, 1.82) is 0 Å². The molecule has 0 radical (unpaired) electrons. The quantitative estimate of drug-likeness (QED) is 0.780. The minimum atomic E-state index is -1.11. The number of aromatic hydroxyl groups is 1. The van der Waals surface area contributed by atoms with Gasteiger partial charge in [-0.15, -0.1) is 0 Å². The number of phenols is 1. The van der Waals surface area contributed by atoms with E-state index in [9.17, 15) is 9.90 Å². The average molecular weight is 286 g/mol. The van der Waals surface area contributed by atoms with E-state index < -0.39 is 5.97 Å². The van der Waals surface area contributed by atoms with Gasteiger partial charge in [-0.3, -0.25) is 0 Å². The third-order valence-electron chi connectivity index (χ3n) is 2.77. The molecule has 0 amide bonds. The van der Waals surface area contributed by atoms with Crippen LogP contribution in [-0.2, 0) is 0 Å². The van der Waals surface area contributed by atoms with Gasteiger partial charge >= 0.3 is 5.97 Å². The summed E-state index contributed by atoms with van der Waals surface area (Å²) in [5, 5.41) is 22.1. The van der Waals surface area contributed by atoms with E-state index in [1.165, 1.54) is 6.07 Å². The van der Waals surface area contributed by atoms with Crippen LogP contribution in [0.15, 0.2) is 16.6 Å². The van der Waals surface area contributed by atoms with E-state index in [4.69, 9.17) is 5.11 Å². The lowest BCUT2D eigenvalue weighted by molar-refractivity contribution is 0.0693. The summed E-state index contributed by atoms with van der Waals surface area (Å²) in [5.41, 5.74) is 0.599. The topological polar surface area (TPSA) is 69.6 Å². The molecule has 0 aliphatic carbocycles. The number of hydrogen-bond donors (Lipinski definition) is 3. The second kappa shape index (κ2) is 4.43. The number of hydrogen-bond acceptors (Lipinski definition) is 3. The number of aromatic carboxylic acids is 1. The molecule has 2 rings (SSSR count). The minimum Gasteiger partial charge on any atom is -0.507 e. The van der Waals surface area contributed by atoms with Gasteiger partial charge in [-0.1, -0.05) is 15.9 Å². The van der Waals surface area contributed by atoms with Crippen LogP contribution in [0.3, 0.4) is 0 Å². The Bertz CT molecular complexity index is 427. The molecule has 4 nitrogen and oxygen atoms in total. The van der Waals surface area contributed by atoms with Gasteiger partial charge in [0.25, 0.3) is 0 Å². The van der Waals surface area contributed by atoms with Crippen molar-refractivity contribution in [1.82, 2.24) is 5.32 Å². The lowest BCUT2D eigenvalue weighted by Gasteiger charge is -2.14. The molecule has 86 valence electrons. The zero-order valence-electron chi connectivity index (χ0n) is 8.53. The van der Waals surface area contributed by atoms with Crippen LogP contribution in [0.25, 0.3) is 0 Å². The van der Waals surface area contributed by atoms with Crippen LogP contribution in [0.1, 0.15) is 34.8 Å². The summed E-state index contributed by atoms with van der Waals surface area (Å²) in [5.74, 6) is -1.24. The molecule has 0 saturated carbocycles. The molecule has 3 N–H and O–H groups in total. The highest BCUT2D eigenvalue weighted by atomic mass is 79.9. The van der Waals surface area contributed by atoms with Crippen LogP contribution in [-0.4, -0.2) is 22.7 Å². The van der Waals surface area contributed by atoms with Gasteiger partial charge in [-0.05, 0) is 31.5 Å². The molecule has 1 saturated heterocycles. The van der Waals surface area contributed by atoms with E-state index in [0.29, 0.717) is 10.0 Å². The molecule has 1 aromatic rings. The number of halogens is 1. The summed E-state index contributed by atoms with van der Waals surface area (Å²) in [6, 6.07) is 3.23. The van der Waals surface area contributed by atoms with Crippen molar-refractivity contribution >= 4 is 21.9 Å². The van der Waals surface area contributed by atoms with Gasteiger partial charge in [0.1, 0.15) is 11.3 Å². The number of carboxylic acid groups (broad SMARTS) is 1. The van der Waals surface area contributed by atoms with Crippen LogP contribution < -0.4 is 5.32 Å². The standard InChI is InChI=1S/C11H12BrNO3/c12-6-4-7(9-2-1-3-13-9)10(14)8(5-6)11(15)16/h4-5,9,13-14H,1-3H2,(H,15,16)/t9-/m1/s1. The van der Waals surface area contributed by atoms with Gasteiger partial charge < -0.3 is 15.5 Å². The van der Waals surface area contributed by atoms with Crippen molar-refractivity contribution < 1.29 is 15.0 Å². The fraction of sp³-hybridized carbons (Fsp3) is 0.364. The molecule has 5 heteroatoms. The van der Waals surface area contributed by atoms with Crippen LogP contribution in [0.2, 0.25) is 0 Å². The Morgan fingerprint density at radius 3 is 2.81 bits per heavy atom. The number of carbonyl (C=O) groups is 1. The Labute approximate surface area is 101 Å². The summed E-state index contributed by atoms with van der Waals surface area (Å²) in [4.78, 5) is 10.9. The maximum atomic E-state index is 10.9. The smallest absolute Gasteiger partial charge is 0.339 e. The van der Waals surface area contributed by atoms with E-state index >= 15 is 0 Å². The molecular formula is C11H12BrNO3. The van der Waals surface area contributed by atoms with Crippen molar-refractivity contribution in [2.24, 2.45) is 0 Å². The zero-order chi connectivity index (χ0) is 11.7. The summed E-state index contributed by atoms with van der Waals surface area (Å²) < 4.78 is 0.673. The fourth-order valence-electron chi connectivity index (χ4n) is 2.00. The third-order valence-corrected chi connectivity index (χ3v) is 3.23. The molecule has 1 aliphatic heterocycles. The Morgan fingerprint density at radius 1 is 1.50 bits per heavy atom. The van der Waals surface area contributed by atoms with Crippen LogP contribution in [0.4, 0.5) is 0 Å². The molecule has 1 aromatic carbocycles.